The molecule has 88 valence electrons. The van der Waals surface area contributed by atoms with Gasteiger partial charge in [0, 0.05) is 0 Å². The first kappa shape index (κ1) is 12.1. The summed E-state index contributed by atoms with van der Waals surface area (Å²) in [6, 6.07) is 20.1. The van der Waals surface area contributed by atoms with Crippen LogP contribution in [0.5, 0.6) is 0 Å². The molecule has 0 N–H and O–H groups in total. The number of hydrogen-bond acceptors (Lipinski definition) is 1. The highest BCUT2D eigenvalue weighted by atomic mass is 16.1. The summed E-state index contributed by atoms with van der Waals surface area (Å²) >= 11 is 0. The van der Waals surface area contributed by atoms with Crippen molar-refractivity contribution >= 4 is 17.9 Å². The lowest BCUT2D eigenvalue weighted by Crippen LogP contribution is -1.81. The van der Waals surface area contributed by atoms with Gasteiger partial charge in [-0.2, -0.15) is 0 Å². The van der Waals surface area contributed by atoms with Crippen molar-refractivity contribution in [2.24, 2.45) is 0 Å². The standard InChI is InChI=1S/C17H14O/c18-13-7-12-17(16-10-5-2-6-11-16)14-15-8-3-1-4-9-15/h1-14H. The van der Waals surface area contributed by atoms with Crippen LogP contribution in [0.2, 0.25) is 0 Å². The molecule has 0 aliphatic heterocycles. The normalized spacial score (nSPS) is 11.7. The molecule has 0 aliphatic carbocycles. The van der Waals surface area contributed by atoms with Crippen molar-refractivity contribution in [3.63, 3.8) is 0 Å². The van der Waals surface area contributed by atoms with Gasteiger partial charge < -0.3 is 0 Å². The molecule has 0 amide bonds. The second-order valence-electron chi connectivity index (χ2n) is 3.87. The number of allylic oxidation sites excluding steroid dienone is 3. The average Bonchev–Trinajstić information content (AvgIpc) is 2.45. The van der Waals surface area contributed by atoms with Gasteiger partial charge in [0.1, 0.15) is 6.29 Å². The molecular weight excluding hydrogens is 220 g/mol. The van der Waals surface area contributed by atoms with E-state index in [1.165, 1.54) is 6.08 Å². The van der Waals surface area contributed by atoms with E-state index in [4.69, 9.17) is 0 Å². The molecule has 0 aliphatic rings. The van der Waals surface area contributed by atoms with Crippen molar-refractivity contribution in [2.75, 3.05) is 0 Å². The SMILES string of the molecule is O=CC=CC(=Cc1ccccc1)c1ccccc1. The molecule has 0 saturated carbocycles. The van der Waals surface area contributed by atoms with Crippen LogP contribution in [0.15, 0.2) is 72.8 Å². The van der Waals surface area contributed by atoms with Crippen molar-refractivity contribution in [1.82, 2.24) is 0 Å². The average molecular weight is 234 g/mol. The maximum Gasteiger partial charge on any atom is 0.142 e. The molecule has 0 saturated heterocycles. The van der Waals surface area contributed by atoms with Crippen LogP contribution in [0.25, 0.3) is 11.6 Å². The molecule has 2 aromatic carbocycles. The van der Waals surface area contributed by atoms with E-state index in [1.54, 1.807) is 0 Å². The van der Waals surface area contributed by atoms with E-state index in [9.17, 15) is 4.79 Å². The lowest BCUT2D eigenvalue weighted by Gasteiger charge is -2.02. The third kappa shape index (κ3) is 3.29. The van der Waals surface area contributed by atoms with Crippen LogP contribution in [0, 0.1) is 0 Å². The lowest BCUT2D eigenvalue weighted by molar-refractivity contribution is -0.104. The fourth-order valence-corrected chi connectivity index (χ4v) is 1.73. The van der Waals surface area contributed by atoms with Gasteiger partial charge in [-0.05, 0) is 28.9 Å². The van der Waals surface area contributed by atoms with Gasteiger partial charge in [-0.1, -0.05) is 66.7 Å². The van der Waals surface area contributed by atoms with E-state index in [0.29, 0.717) is 0 Å². The number of hydrogen-bond donors (Lipinski definition) is 0. The first-order valence-corrected chi connectivity index (χ1v) is 5.84. The van der Waals surface area contributed by atoms with Gasteiger partial charge in [0.2, 0.25) is 0 Å². The molecule has 1 heteroatoms. The summed E-state index contributed by atoms with van der Waals surface area (Å²) in [5, 5.41) is 0. The fraction of sp³-hybridized carbons (Fsp3) is 0. The zero-order chi connectivity index (χ0) is 12.6. The molecule has 0 radical (unpaired) electrons. The highest BCUT2D eigenvalue weighted by molar-refractivity contribution is 5.89. The van der Waals surface area contributed by atoms with Crippen LogP contribution >= 0.6 is 0 Å². The molecule has 0 atom stereocenters. The predicted molar refractivity (Wildman–Crippen MR) is 76.0 cm³/mol. The molecule has 0 unspecified atom stereocenters. The highest BCUT2D eigenvalue weighted by Gasteiger charge is 1.97. The Labute approximate surface area is 107 Å². The summed E-state index contributed by atoms with van der Waals surface area (Å²) in [5.41, 5.74) is 3.24. The highest BCUT2D eigenvalue weighted by Crippen LogP contribution is 2.19. The van der Waals surface area contributed by atoms with Crippen LogP contribution < -0.4 is 0 Å². The Morgan fingerprint density at radius 2 is 1.44 bits per heavy atom. The van der Waals surface area contributed by atoms with Crippen molar-refractivity contribution in [3.05, 3.63) is 83.9 Å². The molecule has 0 aromatic heterocycles. The van der Waals surface area contributed by atoms with Crippen LogP contribution in [0.3, 0.4) is 0 Å². The maximum atomic E-state index is 10.5. The maximum absolute atomic E-state index is 10.5. The molecule has 0 bridgehead atoms. The summed E-state index contributed by atoms with van der Waals surface area (Å²) in [6.45, 7) is 0. The van der Waals surface area contributed by atoms with E-state index in [1.807, 2.05) is 66.7 Å². The van der Waals surface area contributed by atoms with Gasteiger partial charge in [0.15, 0.2) is 0 Å². The van der Waals surface area contributed by atoms with Gasteiger partial charge in [0.25, 0.3) is 0 Å². The smallest absolute Gasteiger partial charge is 0.142 e. The van der Waals surface area contributed by atoms with Crippen molar-refractivity contribution in [1.29, 1.82) is 0 Å². The Kier molecular flexibility index (Phi) is 4.26. The van der Waals surface area contributed by atoms with Gasteiger partial charge in [0.05, 0.1) is 0 Å². The summed E-state index contributed by atoms with van der Waals surface area (Å²) in [6.07, 6.45) is 6.20. The van der Waals surface area contributed by atoms with Crippen LogP contribution in [0.1, 0.15) is 11.1 Å². The minimum absolute atomic E-state index is 0.793. The molecule has 18 heavy (non-hydrogen) atoms. The fourth-order valence-electron chi connectivity index (χ4n) is 1.73. The molecule has 1 nitrogen and oxygen atoms in total. The second kappa shape index (κ2) is 6.36. The quantitative estimate of drug-likeness (QED) is 0.338. The Balaban J connectivity index is 2.40. The summed E-state index contributed by atoms with van der Waals surface area (Å²) in [7, 11) is 0. The molecule has 0 spiro atoms. The minimum atomic E-state index is 0.793. The van der Waals surface area contributed by atoms with Crippen LogP contribution in [-0.2, 0) is 4.79 Å². The van der Waals surface area contributed by atoms with E-state index in [2.05, 4.69) is 6.08 Å². The molecule has 2 aromatic rings. The third-order valence-electron chi connectivity index (χ3n) is 2.58. The lowest BCUT2D eigenvalue weighted by atomic mass is 10.0. The predicted octanol–water partition coefficient (Wildman–Crippen LogP) is 3.98. The Morgan fingerprint density at radius 3 is 2.06 bits per heavy atom. The first-order valence-electron chi connectivity index (χ1n) is 5.84. The number of carbonyl (C=O) groups excluding carboxylic acids is 1. The van der Waals surface area contributed by atoms with Crippen LogP contribution in [0.4, 0.5) is 0 Å². The second-order valence-corrected chi connectivity index (χ2v) is 3.87. The third-order valence-corrected chi connectivity index (χ3v) is 2.58. The van der Waals surface area contributed by atoms with Crippen molar-refractivity contribution in [3.8, 4) is 0 Å². The summed E-state index contributed by atoms with van der Waals surface area (Å²) < 4.78 is 0. The monoisotopic (exact) mass is 234 g/mol. The van der Waals surface area contributed by atoms with Crippen molar-refractivity contribution in [2.45, 2.75) is 0 Å². The largest absolute Gasteiger partial charge is 0.299 e. The number of carbonyl (C=O) groups is 1. The summed E-state index contributed by atoms with van der Waals surface area (Å²) in [5.74, 6) is 0. The number of rotatable bonds is 4. The molecule has 0 fully saturated rings. The Hall–Kier alpha value is -2.41. The van der Waals surface area contributed by atoms with Crippen LogP contribution in [-0.4, -0.2) is 6.29 Å². The van der Waals surface area contributed by atoms with Gasteiger partial charge in [-0.3, -0.25) is 4.79 Å². The van der Waals surface area contributed by atoms with Crippen molar-refractivity contribution < 1.29 is 4.79 Å². The Bertz CT molecular complexity index is 551. The zero-order valence-electron chi connectivity index (χ0n) is 9.99. The number of aldehydes is 1. The van der Waals surface area contributed by atoms with E-state index in [0.717, 1.165) is 23.0 Å². The van der Waals surface area contributed by atoms with E-state index >= 15 is 0 Å². The van der Waals surface area contributed by atoms with E-state index in [-0.39, 0.29) is 0 Å². The zero-order valence-corrected chi connectivity index (χ0v) is 9.99. The summed E-state index contributed by atoms with van der Waals surface area (Å²) in [4.78, 5) is 10.5. The number of benzene rings is 2. The van der Waals surface area contributed by atoms with Gasteiger partial charge >= 0.3 is 0 Å². The molecule has 2 rings (SSSR count). The Morgan fingerprint density at radius 1 is 0.833 bits per heavy atom. The minimum Gasteiger partial charge on any atom is -0.299 e. The topological polar surface area (TPSA) is 17.1 Å². The van der Waals surface area contributed by atoms with E-state index < -0.39 is 0 Å². The first-order chi connectivity index (χ1) is 8.90. The molecule has 0 heterocycles. The van der Waals surface area contributed by atoms with Gasteiger partial charge in [-0.15, -0.1) is 0 Å². The van der Waals surface area contributed by atoms with Gasteiger partial charge in [-0.25, -0.2) is 0 Å². The molecular formula is C17H14O.